The first-order valence-electron chi connectivity index (χ1n) is 6.51. The van der Waals surface area contributed by atoms with E-state index < -0.39 is 6.10 Å². The number of carbonyl (C=O) groups is 1. The van der Waals surface area contributed by atoms with Gasteiger partial charge in [-0.2, -0.15) is 0 Å². The average molecular weight is 285 g/mol. The van der Waals surface area contributed by atoms with E-state index in [-0.39, 0.29) is 19.1 Å². The highest BCUT2D eigenvalue weighted by Crippen LogP contribution is 2.20. The molecule has 108 valence electrons. The minimum absolute atomic E-state index is 0.134. The highest BCUT2D eigenvalue weighted by molar-refractivity contribution is 7.12. The summed E-state index contributed by atoms with van der Waals surface area (Å²) in [6.07, 6.45) is -0.664. The summed E-state index contributed by atoms with van der Waals surface area (Å²) in [5, 5.41) is 12.4. The van der Waals surface area contributed by atoms with Gasteiger partial charge in [0.2, 0.25) is 0 Å². The van der Waals surface area contributed by atoms with Gasteiger partial charge in [0, 0.05) is 22.9 Å². The number of aliphatic hydroxyl groups excluding tert-OH is 1. The van der Waals surface area contributed by atoms with Crippen molar-refractivity contribution in [3.63, 3.8) is 0 Å². The third-order valence-corrected chi connectivity index (χ3v) is 3.51. The summed E-state index contributed by atoms with van der Waals surface area (Å²) < 4.78 is 5.32. The summed E-state index contributed by atoms with van der Waals surface area (Å²) >= 11 is 1.60. The predicted molar refractivity (Wildman–Crippen MR) is 77.8 cm³/mol. The minimum atomic E-state index is -0.664. The molecule has 4 nitrogen and oxygen atoms in total. The molecule has 0 aromatic carbocycles. The molecule has 1 heterocycles. The Labute approximate surface area is 118 Å². The third kappa shape index (κ3) is 5.72. The van der Waals surface area contributed by atoms with Crippen molar-refractivity contribution in [2.24, 2.45) is 5.92 Å². The molecule has 0 aliphatic rings. The van der Waals surface area contributed by atoms with Crippen LogP contribution >= 0.6 is 11.3 Å². The van der Waals surface area contributed by atoms with E-state index in [2.05, 4.69) is 19.2 Å². The lowest BCUT2D eigenvalue weighted by Crippen LogP contribution is -2.34. The fraction of sp³-hybridized carbons (Fsp3) is 0.643. The van der Waals surface area contributed by atoms with Gasteiger partial charge in [0.25, 0.3) is 5.91 Å². The van der Waals surface area contributed by atoms with E-state index in [0.717, 1.165) is 9.75 Å². The molecule has 19 heavy (non-hydrogen) atoms. The van der Waals surface area contributed by atoms with Crippen LogP contribution in [0.5, 0.6) is 0 Å². The molecule has 1 rings (SSSR count). The summed E-state index contributed by atoms with van der Waals surface area (Å²) in [5.74, 6) is 0.308. The SMILES string of the molecule is Cc1cc(C(=O)NCC(O)COCC(C)C)c(C)s1. The fourth-order valence-electron chi connectivity index (χ4n) is 1.66. The molecule has 1 amide bonds. The molecule has 1 unspecified atom stereocenters. The molecule has 0 fully saturated rings. The average Bonchev–Trinajstić information content (AvgIpc) is 2.65. The van der Waals surface area contributed by atoms with E-state index in [9.17, 15) is 9.90 Å². The zero-order chi connectivity index (χ0) is 14.4. The van der Waals surface area contributed by atoms with Crippen molar-refractivity contribution in [2.75, 3.05) is 19.8 Å². The van der Waals surface area contributed by atoms with Crippen LogP contribution in [0, 0.1) is 19.8 Å². The molecule has 0 saturated carbocycles. The molecule has 0 aliphatic carbocycles. The van der Waals surface area contributed by atoms with Gasteiger partial charge in [-0.3, -0.25) is 4.79 Å². The second-order valence-corrected chi connectivity index (χ2v) is 6.58. The number of rotatable bonds is 7. The smallest absolute Gasteiger partial charge is 0.252 e. The van der Waals surface area contributed by atoms with Gasteiger partial charge in [-0.25, -0.2) is 0 Å². The first kappa shape index (κ1) is 16.1. The molecule has 0 aliphatic heterocycles. The van der Waals surface area contributed by atoms with Gasteiger partial charge in [-0.1, -0.05) is 13.8 Å². The standard InChI is InChI=1S/C14H23NO3S/c1-9(2)7-18-8-12(16)6-15-14(17)13-5-10(3)19-11(13)4/h5,9,12,16H,6-8H2,1-4H3,(H,15,17). The van der Waals surface area contributed by atoms with Crippen LogP contribution in [0.15, 0.2) is 6.07 Å². The first-order valence-corrected chi connectivity index (χ1v) is 7.32. The number of carbonyl (C=O) groups excluding carboxylic acids is 1. The second kappa shape index (κ2) is 7.62. The van der Waals surface area contributed by atoms with Gasteiger partial charge in [0.15, 0.2) is 0 Å². The Hall–Kier alpha value is -0.910. The van der Waals surface area contributed by atoms with Crippen LogP contribution in [-0.2, 0) is 4.74 Å². The largest absolute Gasteiger partial charge is 0.389 e. The quantitative estimate of drug-likeness (QED) is 0.807. The summed E-state index contributed by atoms with van der Waals surface area (Å²) in [5.41, 5.74) is 0.692. The number of hydrogen-bond donors (Lipinski definition) is 2. The van der Waals surface area contributed by atoms with Gasteiger partial charge < -0.3 is 15.2 Å². The molecule has 5 heteroatoms. The lowest BCUT2D eigenvalue weighted by Gasteiger charge is -2.13. The van der Waals surface area contributed by atoms with Crippen LogP contribution in [-0.4, -0.2) is 36.9 Å². The highest BCUT2D eigenvalue weighted by atomic mass is 32.1. The summed E-state index contributed by atoms with van der Waals surface area (Å²) in [6.45, 7) is 9.09. The van der Waals surface area contributed by atoms with Crippen molar-refractivity contribution in [3.8, 4) is 0 Å². The van der Waals surface area contributed by atoms with Gasteiger partial charge in [-0.15, -0.1) is 11.3 Å². The molecule has 1 atom stereocenters. The van der Waals surface area contributed by atoms with Crippen LogP contribution in [0.4, 0.5) is 0 Å². The van der Waals surface area contributed by atoms with E-state index in [4.69, 9.17) is 4.74 Å². The summed E-state index contributed by atoms with van der Waals surface area (Å²) in [4.78, 5) is 14.0. The Morgan fingerprint density at radius 3 is 2.63 bits per heavy atom. The maximum Gasteiger partial charge on any atom is 0.252 e. The normalized spacial score (nSPS) is 12.7. The zero-order valence-corrected chi connectivity index (χ0v) is 12.8. The highest BCUT2D eigenvalue weighted by Gasteiger charge is 2.13. The Bertz CT molecular complexity index is 415. The van der Waals surface area contributed by atoms with Crippen LogP contribution < -0.4 is 5.32 Å². The van der Waals surface area contributed by atoms with Gasteiger partial charge in [0.1, 0.15) is 0 Å². The third-order valence-electron chi connectivity index (χ3n) is 2.55. The Kier molecular flexibility index (Phi) is 6.48. The maximum absolute atomic E-state index is 11.9. The molecular weight excluding hydrogens is 262 g/mol. The van der Waals surface area contributed by atoms with Crippen molar-refractivity contribution < 1.29 is 14.6 Å². The second-order valence-electron chi connectivity index (χ2n) is 5.12. The van der Waals surface area contributed by atoms with Crippen molar-refractivity contribution in [2.45, 2.75) is 33.8 Å². The lowest BCUT2D eigenvalue weighted by molar-refractivity contribution is 0.0259. The van der Waals surface area contributed by atoms with E-state index in [0.29, 0.717) is 18.1 Å². The monoisotopic (exact) mass is 285 g/mol. The van der Waals surface area contributed by atoms with Crippen LogP contribution in [0.2, 0.25) is 0 Å². The maximum atomic E-state index is 11.9. The van der Waals surface area contributed by atoms with E-state index in [1.165, 1.54) is 0 Å². The van der Waals surface area contributed by atoms with Crippen LogP contribution in [0.1, 0.15) is 34.0 Å². The van der Waals surface area contributed by atoms with E-state index >= 15 is 0 Å². The molecule has 0 radical (unpaired) electrons. The number of ether oxygens (including phenoxy) is 1. The Balaban J connectivity index is 2.32. The number of hydrogen-bond acceptors (Lipinski definition) is 4. The Morgan fingerprint density at radius 2 is 2.11 bits per heavy atom. The first-order chi connectivity index (χ1) is 8.90. The number of aryl methyl sites for hydroxylation is 2. The molecule has 1 aromatic rings. The molecule has 2 N–H and O–H groups in total. The van der Waals surface area contributed by atoms with E-state index in [1.54, 1.807) is 11.3 Å². The molecule has 1 aromatic heterocycles. The zero-order valence-electron chi connectivity index (χ0n) is 12.0. The van der Waals surface area contributed by atoms with Crippen LogP contribution in [0.25, 0.3) is 0 Å². The minimum Gasteiger partial charge on any atom is -0.389 e. The number of thiophene rings is 1. The molecular formula is C14H23NO3S. The van der Waals surface area contributed by atoms with Gasteiger partial charge in [-0.05, 0) is 25.8 Å². The van der Waals surface area contributed by atoms with E-state index in [1.807, 2.05) is 19.9 Å². The molecule has 0 bridgehead atoms. The van der Waals surface area contributed by atoms with Gasteiger partial charge in [0.05, 0.1) is 18.3 Å². The topological polar surface area (TPSA) is 58.6 Å². The van der Waals surface area contributed by atoms with Crippen molar-refractivity contribution in [3.05, 3.63) is 21.4 Å². The molecule has 0 saturated heterocycles. The van der Waals surface area contributed by atoms with Crippen molar-refractivity contribution >= 4 is 17.2 Å². The molecule has 0 spiro atoms. The number of amides is 1. The van der Waals surface area contributed by atoms with Crippen LogP contribution in [0.3, 0.4) is 0 Å². The Morgan fingerprint density at radius 1 is 1.42 bits per heavy atom. The van der Waals surface area contributed by atoms with Crippen molar-refractivity contribution in [1.29, 1.82) is 0 Å². The summed E-state index contributed by atoms with van der Waals surface area (Å²) in [6, 6.07) is 1.87. The predicted octanol–water partition coefficient (Wildman–Crippen LogP) is 2.13. The van der Waals surface area contributed by atoms with Crippen molar-refractivity contribution in [1.82, 2.24) is 5.32 Å². The number of aliphatic hydroxyl groups is 1. The fourth-order valence-corrected chi connectivity index (χ4v) is 2.58. The number of nitrogens with one attached hydrogen (secondary N) is 1. The summed E-state index contributed by atoms with van der Waals surface area (Å²) in [7, 11) is 0. The van der Waals surface area contributed by atoms with Gasteiger partial charge >= 0.3 is 0 Å². The lowest BCUT2D eigenvalue weighted by atomic mass is 10.2.